The van der Waals surface area contributed by atoms with Gasteiger partial charge in [0.05, 0.1) is 12.6 Å². The van der Waals surface area contributed by atoms with Gasteiger partial charge in [-0.05, 0) is 39.4 Å². The minimum Gasteiger partial charge on any atom is -0.494 e. The van der Waals surface area contributed by atoms with Crippen molar-refractivity contribution in [3.05, 3.63) is 64.7 Å². The highest BCUT2D eigenvalue weighted by molar-refractivity contribution is 5.44. The monoisotopic (exact) mass is 269 g/mol. The van der Waals surface area contributed by atoms with E-state index in [0.717, 1.165) is 5.75 Å². The van der Waals surface area contributed by atoms with Crippen LogP contribution in [0.3, 0.4) is 0 Å². The van der Waals surface area contributed by atoms with Gasteiger partial charge in [0, 0.05) is 5.56 Å². The number of hydrogen-bond acceptors (Lipinski definition) is 2. The summed E-state index contributed by atoms with van der Waals surface area (Å²) in [6.07, 6.45) is 0. The molecule has 20 heavy (non-hydrogen) atoms. The summed E-state index contributed by atoms with van der Waals surface area (Å²) in [5, 5.41) is 3.40. The van der Waals surface area contributed by atoms with Crippen molar-refractivity contribution in [3.8, 4) is 5.75 Å². The first-order chi connectivity index (χ1) is 9.65. The van der Waals surface area contributed by atoms with Crippen molar-refractivity contribution in [2.45, 2.75) is 26.8 Å². The fourth-order valence-corrected chi connectivity index (χ4v) is 2.44. The highest BCUT2D eigenvalue weighted by Crippen LogP contribution is 2.31. The molecule has 2 aromatic rings. The molecular weight excluding hydrogens is 246 g/mol. The Labute approximate surface area is 121 Å². The van der Waals surface area contributed by atoms with Crippen LogP contribution in [0.5, 0.6) is 5.75 Å². The van der Waals surface area contributed by atoms with E-state index in [4.69, 9.17) is 4.74 Å². The van der Waals surface area contributed by atoms with Crippen LogP contribution in [0.4, 0.5) is 0 Å². The average Bonchev–Trinajstić information content (AvgIpc) is 2.45. The molecule has 2 rings (SSSR count). The molecule has 1 atom stereocenters. The predicted molar refractivity (Wildman–Crippen MR) is 84.4 cm³/mol. The number of nitrogens with one attached hydrogen (secondary N) is 1. The zero-order valence-electron chi connectivity index (χ0n) is 12.7. The van der Waals surface area contributed by atoms with E-state index in [1.807, 2.05) is 14.0 Å². The molecule has 1 N–H and O–H groups in total. The molecule has 0 aromatic heterocycles. The van der Waals surface area contributed by atoms with E-state index in [0.29, 0.717) is 6.61 Å². The van der Waals surface area contributed by atoms with Gasteiger partial charge in [-0.25, -0.2) is 0 Å². The van der Waals surface area contributed by atoms with Gasteiger partial charge in [-0.2, -0.15) is 0 Å². The van der Waals surface area contributed by atoms with Crippen molar-refractivity contribution in [1.82, 2.24) is 5.32 Å². The Balaban J connectivity index is 2.45. The van der Waals surface area contributed by atoms with Crippen molar-refractivity contribution in [2.24, 2.45) is 0 Å². The zero-order chi connectivity index (χ0) is 14.5. The lowest BCUT2D eigenvalue weighted by Gasteiger charge is -2.21. The minimum absolute atomic E-state index is 0.150. The van der Waals surface area contributed by atoms with Crippen molar-refractivity contribution < 1.29 is 4.74 Å². The van der Waals surface area contributed by atoms with E-state index in [-0.39, 0.29) is 6.04 Å². The van der Waals surface area contributed by atoms with Crippen LogP contribution >= 0.6 is 0 Å². The van der Waals surface area contributed by atoms with Crippen molar-refractivity contribution in [2.75, 3.05) is 13.7 Å². The van der Waals surface area contributed by atoms with E-state index >= 15 is 0 Å². The average molecular weight is 269 g/mol. The van der Waals surface area contributed by atoms with E-state index in [9.17, 15) is 0 Å². The molecule has 0 aliphatic carbocycles. The zero-order valence-corrected chi connectivity index (χ0v) is 12.7. The summed E-state index contributed by atoms with van der Waals surface area (Å²) in [5.41, 5.74) is 4.97. The van der Waals surface area contributed by atoms with Crippen LogP contribution in [-0.4, -0.2) is 13.7 Å². The molecular formula is C18H23NO. The summed E-state index contributed by atoms with van der Waals surface area (Å²) >= 11 is 0. The fraction of sp³-hybridized carbons (Fsp3) is 0.333. The summed E-state index contributed by atoms with van der Waals surface area (Å²) < 4.78 is 5.78. The first-order valence-corrected chi connectivity index (χ1v) is 7.13. The molecule has 0 saturated carbocycles. The van der Waals surface area contributed by atoms with E-state index in [1.165, 1.54) is 22.3 Å². The van der Waals surface area contributed by atoms with Gasteiger partial charge in [0.15, 0.2) is 0 Å². The van der Waals surface area contributed by atoms with Gasteiger partial charge in [0.25, 0.3) is 0 Å². The van der Waals surface area contributed by atoms with Crippen LogP contribution < -0.4 is 10.1 Å². The number of ether oxygens (including phenoxy) is 1. The molecule has 0 aliphatic rings. The summed E-state index contributed by atoms with van der Waals surface area (Å²) in [4.78, 5) is 0. The third-order valence-corrected chi connectivity index (χ3v) is 3.48. The summed E-state index contributed by atoms with van der Waals surface area (Å²) in [5.74, 6) is 0.957. The maximum absolute atomic E-state index is 5.78. The van der Waals surface area contributed by atoms with Crippen molar-refractivity contribution >= 4 is 0 Å². The second-order valence-electron chi connectivity index (χ2n) is 5.11. The van der Waals surface area contributed by atoms with Crippen LogP contribution in [0.2, 0.25) is 0 Å². The third-order valence-electron chi connectivity index (χ3n) is 3.48. The summed E-state index contributed by atoms with van der Waals surface area (Å²) in [7, 11) is 1.99. The molecule has 106 valence electrons. The largest absolute Gasteiger partial charge is 0.494 e. The van der Waals surface area contributed by atoms with Gasteiger partial charge in [-0.1, -0.05) is 47.5 Å². The Morgan fingerprint density at radius 2 is 1.65 bits per heavy atom. The first kappa shape index (κ1) is 14.6. The lowest BCUT2D eigenvalue weighted by molar-refractivity contribution is 0.334. The Morgan fingerprint density at radius 3 is 2.25 bits per heavy atom. The predicted octanol–water partition coefficient (Wildman–Crippen LogP) is 4.01. The lowest BCUT2D eigenvalue weighted by atomic mass is 9.96. The van der Waals surface area contributed by atoms with Crippen LogP contribution in [-0.2, 0) is 0 Å². The molecule has 0 heterocycles. The standard InChI is InChI=1S/C18H23NO/c1-5-20-17-11-8-14(3)12-16(17)18(19-4)15-9-6-13(2)7-10-15/h6-12,18-19H,5H2,1-4H3. The van der Waals surface area contributed by atoms with E-state index in [2.05, 4.69) is 61.6 Å². The number of hydrogen-bond donors (Lipinski definition) is 1. The maximum atomic E-state index is 5.78. The van der Waals surface area contributed by atoms with Crippen molar-refractivity contribution in [1.29, 1.82) is 0 Å². The molecule has 0 radical (unpaired) electrons. The van der Waals surface area contributed by atoms with Crippen molar-refractivity contribution in [3.63, 3.8) is 0 Å². The number of benzene rings is 2. The Bertz CT molecular complexity index is 560. The molecule has 2 nitrogen and oxygen atoms in total. The fourth-order valence-electron chi connectivity index (χ4n) is 2.44. The molecule has 2 heteroatoms. The van der Waals surface area contributed by atoms with Gasteiger partial charge in [0.2, 0.25) is 0 Å². The van der Waals surface area contributed by atoms with E-state index < -0.39 is 0 Å². The maximum Gasteiger partial charge on any atom is 0.124 e. The van der Waals surface area contributed by atoms with E-state index in [1.54, 1.807) is 0 Å². The molecule has 0 aliphatic heterocycles. The smallest absolute Gasteiger partial charge is 0.124 e. The molecule has 0 saturated heterocycles. The highest BCUT2D eigenvalue weighted by atomic mass is 16.5. The van der Waals surface area contributed by atoms with Gasteiger partial charge in [0.1, 0.15) is 5.75 Å². The molecule has 1 unspecified atom stereocenters. The molecule has 0 amide bonds. The van der Waals surface area contributed by atoms with Gasteiger partial charge in [-0.3, -0.25) is 0 Å². The Kier molecular flexibility index (Phi) is 4.80. The molecule has 2 aromatic carbocycles. The highest BCUT2D eigenvalue weighted by Gasteiger charge is 2.16. The second kappa shape index (κ2) is 6.58. The molecule has 0 fully saturated rings. The Hall–Kier alpha value is -1.80. The topological polar surface area (TPSA) is 21.3 Å². The minimum atomic E-state index is 0.150. The quantitative estimate of drug-likeness (QED) is 0.885. The summed E-state index contributed by atoms with van der Waals surface area (Å²) in [6, 6.07) is 15.2. The van der Waals surface area contributed by atoms with Crippen LogP contribution in [0.25, 0.3) is 0 Å². The Morgan fingerprint density at radius 1 is 1.00 bits per heavy atom. The molecule has 0 spiro atoms. The normalized spacial score (nSPS) is 12.2. The van der Waals surface area contributed by atoms with Gasteiger partial charge >= 0.3 is 0 Å². The lowest BCUT2D eigenvalue weighted by Crippen LogP contribution is -2.19. The van der Waals surface area contributed by atoms with Gasteiger partial charge < -0.3 is 10.1 Å². The molecule has 0 bridgehead atoms. The number of rotatable bonds is 5. The van der Waals surface area contributed by atoms with Gasteiger partial charge in [-0.15, -0.1) is 0 Å². The first-order valence-electron chi connectivity index (χ1n) is 7.13. The second-order valence-corrected chi connectivity index (χ2v) is 5.11. The number of aryl methyl sites for hydroxylation is 2. The SMILES string of the molecule is CCOc1ccc(C)cc1C(NC)c1ccc(C)cc1. The van der Waals surface area contributed by atoms with Crippen LogP contribution in [0.15, 0.2) is 42.5 Å². The van der Waals surface area contributed by atoms with Crippen LogP contribution in [0.1, 0.15) is 35.2 Å². The van der Waals surface area contributed by atoms with Crippen LogP contribution in [0, 0.1) is 13.8 Å². The summed E-state index contributed by atoms with van der Waals surface area (Å²) in [6.45, 7) is 6.92. The third kappa shape index (κ3) is 3.20.